The van der Waals surface area contributed by atoms with Crippen LogP contribution in [0.15, 0.2) is 60.9 Å². The highest BCUT2D eigenvalue weighted by Crippen LogP contribution is 2.34. The minimum atomic E-state index is -0.552. The Bertz CT molecular complexity index is 1620. The van der Waals surface area contributed by atoms with Gasteiger partial charge in [0.2, 0.25) is 0 Å². The van der Waals surface area contributed by atoms with Gasteiger partial charge in [-0.3, -0.25) is 19.6 Å². The molecule has 2 heterocycles. The molecule has 0 aliphatic heterocycles. The van der Waals surface area contributed by atoms with Crippen LogP contribution in [0.1, 0.15) is 48.8 Å². The maximum absolute atomic E-state index is 15.2. The number of amides is 1. The maximum Gasteiger partial charge on any atom is 0.274 e. The van der Waals surface area contributed by atoms with Crippen molar-refractivity contribution >= 4 is 29.8 Å². The first kappa shape index (κ1) is 28.1. The number of hydrogen-bond donors (Lipinski definition) is 2. The summed E-state index contributed by atoms with van der Waals surface area (Å²) in [6, 6.07) is 14.0. The van der Waals surface area contributed by atoms with Crippen LogP contribution >= 0.6 is 0 Å². The lowest BCUT2D eigenvalue weighted by molar-refractivity contribution is 0.102. The van der Waals surface area contributed by atoms with E-state index in [9.17, 15) is 14.7 Å². The number of methoxy groups -OCH3 is 2. The van der Waals surface area contributed by atoms with E-state index in [0.29, 0.717) is 28.8 Å². The highest BCUT2D eigenvalue weighted by Gasteiger charge is 2.16. The number of pyridine rings is 2. The van der Waals surface area contributed by atoms with Crippen molar-refractivity contribution < 1.29 is 28.6 Å². The number of aliphatic hydroxyl groups excluding tert-OH is 1. The Labute approximate surface area is 231 Å². The Balaban J connectivity index is 1.65. The summed E-state index contributed by atoms with van der Waals surface area (Å²) in [5, 5.41) is 12.3. The molecule has 2 aromatic heterocycles. The van der Waals surface area contributed by atoms with Crippen LogP contribution in [0.3, 0.4) is 0 Å². The van der Waals surface area contributed by atoms with Gasteiger partial charge in [-0.2, -0.15) is 0 Å². The molecule has 1 amide bonds. The Morgan fingerprint density at radius 3 is 2.25 bits per heavy atom. The van der Waals surface area contributed by atoms with E-state index < -0.39 is 11.7 Å². The molecule has 0 atom stereocenters. The fourth-order valence-corrected chi connectivity index (χ4v) is 4.30. The summed E-state index contributed by atoms with van der Waals surface area (Å²) >= 11 is 0. The summed E-state index contributed by atoms with van der Waals surface area (Å²) < 4.78 is 25.6. The van der Waals surface area contributed by atoms with Crippen molar-refractivity contribution in [2.75, 3.05) is 19.5 Å². The maximum atomic E-state index is 15.2. The molecule has 2 aromatic carbocycles. The Morgan fingerprint density at radius 1 is 0.925 bits per heavy atom. The summed E-state index contributed by atoms with van der Waals surface area (Å²) in [6.45, 7) is 3.52. The second-order valence-corrected chi connectivity index (χ2v) is 8.91. The van der Waals surface area contributed by atoms with Crippen LogP contribution in [0.5, 0.6) is 11.5 Å². The molecule has 8 nitrogen and oxygen atoms in total. The molecule has 0 aliphatic rings. The summed E-state index contributed by atoms with van der Waals surface area (Å²) in [4.78, 5) is 32.3. The van der Waals surface area contributed by atoms with Gasteiger partial charge in [0.05, 0.1) is 26.4 Å². The fourth-order valence-electron chi connectivity index (χ4n) is 4.30. The van der Waals surface area contributed by atoms with E-state index in [-0.39, 0.29) is 29.3 Å². The normalized spacial score (nSPS) is 11.2. The summed E-state index contributed by atoms with van der Waals surface area (Å²) in [6.07, 6.45) is 4.69. The van der Waals surface area contributed by atoms with Crippen molar-refractivity contribution in [3.63, 3.8) is 0 Å². The first-order valence-corrected chi connectivity index (χ1v) is 12.3. The Hall–Kier alpha value is -4.89. The zero-order valence-corrected chi connectivity index (χ0v) is 22.5. The van der Waals surface area contributed by atoms with E-state index >= 15 is 4.39 Å². The lowest BCUT2D eigenvalue weighted by atomic mass is 9.92. The van der Waals surface area contributed by atoms with Crippen molar-refractivity contribution in [2.24, 2.45) is 0 Å². The van der Waals surface area contributed by atoms with Crippen LogP contribution in [0.4, 0.5) is 10.1 Å². The third-order valence-corrected chi connectivity index (χ3v) is 6.58. The highest BCUT2D eigenvalue weighted by atomic mass is 19.1. The molecule has 0 saturated carbocycles. The number of anilines is 1. The summed E-state index contributed by atoms with van der Waals surface area (Å²) in [5.41, 5.74) is 5.50. The van der Waals surface area contributed by atoms with E-state index in [1.54, 1.807) is 12.1 Å². The Morgan fingerprint density at radius 2 is 1.57 bits per heavy atom. The highest BCUT2D eigenvalue weighted by molar-refractivity contribution is 6.04. The van der Waals surface area contributed by atoms with Gasteiger partial charge in [-0.25, -0.2) is 4.39 Å². The number of hydrogen-bond acceptors (Lipinski definition) is 7. The lowest BCUT2D eigenvalue weighted by Crippen LogP contribution is -2.15. The average molecular weight is 542 g/mol. The number of carbonyl (C=O) groups is 2. The smallest absolute Gasteiger partial charge is 0.274 e. The number of rotatable bonds is 9. The molecule has 4 rings (SSSR count). The monoisotopic (exact) mass is 541 g/mol. The predicted molar refractivity (Wildman–Crippen MR) is 151 cm³/mol. The number of carbonyl (C=O) groups excluding carboxylic acids is 2. The minimum Gasteiger partial charge on any atom is -0.496 e. The molecular formula is C31H28FN3O5. The van der Waals surface area contributed by atoms with Gasteiger partial charge >= 0.3 is 0 Å². The molecule has 0 bridgehead atoms. The molecule has 0 fully saturated rings. The van der Waals surface area contributed by atoms with Crippen molar-refractivity contribution in [1.29, 1.82) is 0 Å². The van der Waals surface area contributed by atoms with E-state index in [0.717, 1.165) is 22.3 Å². The predicted octanol–water partition coefficient (Wildman–Crippen LogP) is 5.80. The molecular weight excluding hydrogens is 513 g/mol. The van der Waals surface area contributed by atoms with Crippen molar-refractivity contribution in [3.05, 3.63) is 100 Å². The van der Waals surface area contributed by atoms with Crippen molar-refractivity contribution in [2.45, 2.75) is 20.5 Å². The second-order valence-electron chi connectivity index (χ2n) is 8.91. The Kier molecular flexibility index (Phi) is 8.66. The van der Waals surface area contributed by atoms with E-state index in [4.69, 9.17) is 9.47 Å². The first-order chi connectivity index (χ1) is 19.3. The standard InChI is InChI=1S/C31H28FN3O5/c1-18-20(11-25(32)27-12-29(39-3)21(16-36)14-33-27)7-5-8-23(18)24-9-6-10-26(19(24)2)35-31(38)28-13-30(40-4)22(17-37)15-34-28/h5-15,17,36H,16H2,1-4H3,(H,35,38)/b25-11-. The van der Waals surface area contributed by atoms with Gasteiger partial charge < -0.3 is 19.9 Å². The molecule has 0 spiro atoms. The van der Waals surface area contributed by atoms with Gasteiger partial charge in [-0.05, 0) is 53.8 Å². The number of halogens is 1. The minimum absolute atomic E-state index is 0.0890. The molecule has 9 heteroatoms. The third kappa shape index (κ3) is 5.74. The van der Waals surface area contributed by atoms with Crippen LogP contribution in [-0.2, 0) is 6.61 Å². The molecule has 0 saturated heterocycles. The molecule has 0 unspecified atom stereocenters. The summed E-state index contributed by atoms with van der Waals surface area (Å²) in [5.74, 6) is -0.401. The topological polar surface area (TPSA) is 111 Å². The zero-order valence-electron chi connectivity index (χ0n) is 22.5. The zero-order chi connectivity index (χ0) is 28.8. The quantitative estimate of drug-likeness (QED) is 0.258. The first-order valence-electron chi connectivity index (χ1n) is 12.3. The number of nitrogens with one attached hydrogen (secondary N) is 1. The average Bonchev–Trinajstić information content (AvgIpc) is 2.98. The largest absolute Gasteiger partial charge is 0.496 e. The van der Waals surface area contributed by atoms with E-state index in [1.807, 2.05) is 38.1 Å². The van der Waals surface area contributed by atoms with Crippen LogP contribution in [0.2, 0.25) is 0 Å². The van der Waals surface area contributed by atoms with Gasteiger partial charge in [0.15, 0.2) is 6.29 Å². The SMILES string of the molecule is COc1cc(C(=O)Nc2cccc(-c3cccc(/C=C(\F)c4cc(OC)c(CO)cn4)c3C)c2C)ncc1C=O. The molecule has 204 valence electrons. The number of aromatic nitrogens is 2. The third-order valence-electron chi connectivity index (χ3n) is 6.58. The molecule has 0 radical (unpaired) electrons. The summed E-state index contributed by atoms with van der Waals surface area (Å²) in [7, 11) is 2.86. The number of ether oxygens (including phenoxy) is 2. The van der Waals surface area contributed by atoms with Crippen LogP contribution in [0, 0.1) is 13.8 Å². The molecule has 4 aromatic rings. The van der Waals surface area contributed by atoms with Crippen molar-refractivity contribution in [3.8, 4) is 22.6 Å². The van der Waals surface area contributed by atoms with Gasteiger partial charge in [-0.1, -0.05) is 30.3 Å². The molecule has 0 aliphatic carbocycles. The van der Waals surface area contributed by atoms with Gasteiger partial charge in [-0.15, -0.1) is 0 Å². The number of aldehydes is 1. The van der Waals surface area contributed by atoms with E-state index in [2.05, 4.69) is 15.3 Å². The van der Waals surface area contributed by atoms with Crippen LogP contribution < -0.4 is 14.8 Å². The second kappa shape index (κ2) is 12.3. The fraction of sp³-hybridized carbons (Fsp3) is 0.161. The van der Waals surface area contributed by atoms with E-state index in [1.165, 1.54) is 44.8 Å². The lowest BCUT2D eigenvalue weighted by Gasteiger charge is -2.16. The number of nitrogens with zero attached hydrogens (tertiary/aromatic N) is 2. The molecule has 40 heavy (non-hydrogen) atoms. The molecule has 2 N–H and O–H groups in total. The van der Waals surface area contributed by atoms with Gasteiger partial charge in [0, 0.05) is 35.8 Å². The van der Waals surface area contributed by atoms with Gasteiger partial charge in [0.1, 0.15) is 28.7 Å². The van der Waals surface area contributed by atoms with Crippen LogP contribution in [-0.4, -0.2) is 41.5 Å². The van der Waals surface area contributed by atoms with Crippen molar-refractivity contribution in [1.82, 2.24) is 9.97 Å². The van der Waals surface area contributed by atoms with Gasteiger partial charge in [0.25, 0.3) is 5.91 Å². The number of aliphatic hydroxyl groups is 1. The number of benzene rings is 2. The van der Waals surface area contributed by atoms with Crippen LogP contribution in [0.25, 0.3) is 23.0 Å².